The number of anilines is 1. The summed E-state index contributed by atoms with van der Waals surface area (Å²) in [6, 6.07) is 8.94. The zero-order valence-corrected chi connectivity index (χ0v) is 12.1. The Balaban J connectivity index is 2.33. The molecule has 0 aliphatic carbocycles. The lowest BCUT2D eigenvalue weighted by Gasteiger charge is -2.12. The number of nitrogen functional groups attached to an aromatic ring is 1. The summed E-state index contributed by atoms with van der Waals surface area (Å²) in [5.41, 5.74) is 10.2. The van der Waals surface area contributed by atoms with Crippen LogP contribution in [-0.2, 0) is 6.42 Å². The fourth-order valence-corrected chi connectivity index (χ4v) is 2.38. The molecule has 0 atom stereocenters. The van der Waals surface area contributed by atoms with Crippen molar-refractivity contribution in [3.8, 4) is 11.3 Å². The Morgan fingerprint density at radius 2 is 1.74 bits per heavy atom. The number of nitrogens with zero attached hydrogens (tertiary/aromatic N) is 2. The highest BCUT2D eigenvalue weighted by atomic mass is 15.3. The fraction of sp³-hybridized carbons (Fsp3) is 0.438. The van der Waals surface area contributed by atoms with Crippen LogP contribution in [0.3, 0.4) is 0 Å². The molecule has 0 fully saturated rings. The molecule has 2 N–H and O–H groups in total. The average Bonchev–Trinajstić information content (AvgIpc) is 2.82. The minimum Gasteiger partial charge on any atom is -0.396 e. The molecular formula is C16H23N3. The van der Waals surface area contributed by atoms with Crippen molar-refractivity contribution in [2.24, 2.45) is 0 Å². The van der Waals surface area contributed by atoms with Gasteiger partial charge in [-0.1, -0.05) is 45.0 Å². The van der Waals surface area contributed by atoms with Crippen LogP contribution >= 0.6 is 0 Å². The lowest BCUT2D eigenvalue weighted by molar-refractivity contribution is 0.429. The standard InChI is InChI=1S/C16H23N3/c1-4-12-7-9-13(10-8-12)16-15(17)11-19(18-16)14(5-2)6-3/h7-11,14H,4-6,17H2,1-3H3. The van der Waals surface area contributed by atoms with Crippen molar-refractivity contribution in [2.75, 3.05) is 5.73 Å². The summed E-state index contributed by atoms with van der Waals surface area (Å²) < 4.78 is 2.01. The fourth-order valence-electron chi connectivity index (χ4n) is 2.38. The molecule has 3 heteroatoms. The second kappa shape index (κ2) is 5.91. The smallest absolute Gasteiger partial charge is 0.115 e. The second-order valence-electron chi connectivity index (χ2n) is 4.93. The van der Waals surface area contributed by atoms with Crippen molar-refractivity contribution in [2.45, 2.75) is 46.1 Å². The predicted octanol–water partition coefficient (Wildman–Crippen LogP) is 4.06. The summed E-state index contributed by atoms with van der Waals surface area (Å²) in [5.74, 6) is 0. The zero-order chi connectivity index (χ0) is 13.8. The molecule has 2 aromatic rings. The number of hydrogen-bond donors (Lipinski definition) is 1. The normalized spacial score (nSPS) is 11.2. The van der Waals surface area contributed by atoms with E-state index in [0.717, 1.165) is 36.2 Å². The second-order valence-corrected chi connectivity index (χ2v) is 4.93. The Kier molecular flexibility index (Phi) is 4.25. The highest BCUT2D eigenvalue weighted by molar-refractivity contribution is 5.72. The van der Waals surface area contributed by atoms with Gasteiger partial charge in [0.15, 0.2) is 0 Å². The zero-order valence-electron chi connectivity index (χ0n) is 12.1. The predicted molar refractivity (Wildman–Crippen MR) is 81.1 cm³/mol. The van der Waals surface area contributed by atoms with Crippen LogP contribution in [0.2, 0.25) is 0 Å². The lowest BCUT2D eigenvalue weighted by atomic mass is 10.1. The summed E-state index contributed by atoms with van der Waals surface area (Å²) in [6.45, 7) is 6.52. The highest BCUT2D eigenvalue weighted by Crippen LogP contribution is 2.27. The summed E-state index contributed by atoms with van der Waals surface area (Å²) in [5, 5.41) is 4.67. The Morgan fingerprint density at radius 1 is 1.11 bits per heavy atom. The first-order valence-corrected chi connectivity index (χ1v) is 7.13. The van der Waals surface area contributed by atoms with Gasteiger partial charge in [0.1, 0.15) is 5.69 Å². The first-order valence-electron chi connectivity index (χ1n) is 7.13. The van der Waals surface area contributed by atoms with Gasteiger partial charge in [-0.3, -0.25) is 4.68 Å². The molecule has 0 spiro atoms. The third kappa shape index (κ3) is 2.80. The van der Waals surface area contributed by atoms with E-state index in [9.17, 15) is 0 Å². The van der Waals surface area contributed by atoms with Crippen LogP contribution in [0, 0.1) is 0 Å². The molecule has 0 bridgehead atoms. The van der Waals surface area contributed by atoms with Crippen molar-refractivity contribution >= 4 is 5.69 Å². The van der Waals surface area contributed by atoms with Crippen LogP contribution in [0.4, 0.5) is 5.69 Å². The van der Waals surface area contributed by atoms with E-state index >= 15 is 0 Å². The summed E-state index contributed by atoms with van der Waals surface area (Å²) in [6.07, 6.45) is 5.16. The maximum Gasteiger partial charge on any atom is 0.115 e. The summed E-state index contributed by atoms with van der Waals surface area (Å²) in [4.78, 5) is 0. The van der Waals surface area contributed by atoms with Crippen molar-refractivity contribution in [3.05, 3.63) is 36.0 Å². The molecule has 0 radical (unpaired) electrons. The number of benzene rings is 1. The Labute approximate surface area is 115 Å². The largest absolute Gasteiger partial charge is 0.396 e. The van der Waals surface area contributed by atoms with Crippen LogP contribution in [0.1, 0.15) is 45.2 Å². The van der Waals surface area contributed by atoms with E-state index in [1.165, 1.54) is 5.56 Å². The molecule has 2 rings (SSSR count). The van der Waals surface area contributed by atoms with Gasteiger partial charge in [0, 0.05) is 11.8 Å². The molecular weight excluding hydrogens is 234 g/mol. The number of nitrogens with two attached hydrogens (primary N) is 1. The summed E-state index contributed by atoms with van der Waals surface area (Å²) >= 11 is 0. The molecule has 0 aliphatic heterocycles. The molecule has 19 heavy (non-hydrogen) atoms. The number of aryl methyl sites for hydroxylation is 1. The molecule has 0 amide bonds. The van der Waals surface area contributed by atoms with Crippen molar-refractivity contribution in [1.82, 2.24) is 9.78 Å². The number of aromatic nitrogens is 2. The topological polar surface area (TPSA) is 43.8 Å². The van der Waals surface area contributed by atoms with Gasteiger partial charge in [0.05, 0.1) is 11.7 Å². The molecule has 1 heterocycles. The van der Waals surface area contributed by atoms with Gasteiger partial charge in [-0.15, -0.1) is 0 Å². The van der Waals surface area contributed by atoms with E-state index in [4.69, 9.17) is 5.73 Å². The Bertz CT molecular complexity index is 521. The van der Waals surface area contributed by atoms with Crippen LogP contribution in [0.15, 0.2) is 30.5 Å². The molecule has 0 unspecified atom stereocenters. The maximum atomic E-state index is 6.11. The lowest BCUT2D eigenvalue weighted by Crippen LogP contribution is -2.07. The van der Waals surface area contributed by atoms with E-state index in [1.54, 1.807) is 0 Å². The van der Waals surface area contributed by atoms with Crippen molar-refractivity contribution in [3.63, 3.8) is 0 Å². The molecule has 3 nitrogen and oxygen atoms in total. The molecule has 102 valence electrons. The van der Waals surface area contributed by atoms with E-state index in [-0.39, 0.29) is 0 Å². The van der Waals surface area contributed by atoms with Gasteiger partial charge in [0.2, 0.25) is 0 Å². The van der Waals surface area contributed by atoms with E-state index < -0.39 is 0 Å². The maximum absolute atomic E-state index is 6.11. The minimum absolute atomic E-state index is 0.436. The first kappa shape index (κ1) is 13.7. The van der Waals surface area contributed by atoms with Crippen molar-refractivity contribution < 1.29 is 0 Å². The van der Waals surface area contributed by atoms with Crippen molar-refractivity contribution in [1.29, 1.82) is 0 Å². The third-order valence-corrected chi connectivity index (χ3v) is 3.71. The first-order chi connectivity index (χ1) is 9.19. The monoisotopic (exact) mass is 257 g/mol. The molecule has 0 saturated carbocycles. The van der Waals surface area contributed by atoms with E-state index in [1.807, 2.05) is 10.9 Å². The van der Waals surface area contributed by atoms with Gasteiger partial charge in [0.25, 0.3) is 0 Å². The van der Waals surface area contributed by atoms with Crippen LogP contribution in [0.5, 0.6) is 0 Å². The van der Waals surface area contributed by atoms with E-state index in [2.05, 4.69) is 50.1 Å². The Hall–Kier alpha value is -1.77. The van der Waals surface area contributed by atoms with Crippen LogP contribution in [0.25, 0.3) is 11.3 Å². The summed E-state index contributed by atoms with van der Waals surface area (Å²) in [7, 11) is 0. The van der Waals surface area contributed by atoms with Gasteiger partial charge in [-0.2, -0.15) is 5.10 Å². The van der Waals surface area contributed by atoms with E-state index in [0.29, 0.717) is 6.04 Å². The molecule has 0 saturated heterocycles. The van der Waals surface area contributed by atoms with Gasteiger partial charge in [-0.25, -0.2) is 0 Å². The van der Waals surface area contributed by atoms with Crippen LogP contribution in [-0.4, -0.2) is 9.78 Å². The average molecular weight is 257 g/mol. The van der Waals surface area contributed by atoms with Gasteiger partial charge in [-0.05, 0) is 24.8 Å². The number of rotatable bonds is 5. The van der Waals surface area contributed by atoms with Crippen LogP contribution < -0.4 is 5.73 Å². The molecule has 1 aromatic heterocycles. The third-order valence-electron chi connectivity index (χ3n) is 3.71. The highest BCUT2D eigenvalue weighted by Gasteiger charge is 2.13. The molecule has 1 aromatic carbocycles. The Morgan fingerprint density at radius 3 is 2.26 bits per heavy atom. The quantitative estimate of drug-likeness (QED) is 0.878. The minimum atomic E-state index is 0.436. The number of hydrogen-bond acceptors (Lipinski definition) is 2. The SMILES string of the molecule is CCc1ccc(-c2nn(C(CC)CC)cc2N)cc1. The van der Waals surface area contributed by atoms with Gasteiger partial charge < -0.3 is 5.73 Å². The molecule has 0 aliphatic rings. The van der Waals surface area contributed by atoms with Gasteiger partial charge >= 0.3 is 0 Å².